The molecule has 0 heterocycles. The van der Waals surface area contributed by atoms with Crippen molar-refractivity contribution in [2.24, 2.45) is 5.73 Å². The molecule has 0 aliphatic carbocycles. The van der Waals surface area contributed by atoms with Gasteiger partial charge in [-0.3, -0.25) is 0 Å². The molecule has 0 fully saturated rings. The highest BCUT2D eigenvalue weighted by atomic mass is 35.5. The van der Waals surface area contributed by atoms with E-state index in [-0.39, 0.29) is 0 Å². The maximum Gasteiger partial charge on any atom is 0.129 e. The first kappa shape index (κ1) is 15.8. The van der Waals surface area contributed by atoms with Crippen molar-refractivity contribution in [2.45, 2.75) is 25.8 Å². The van der Waals surface area contributed by atoms with Gasteiger partial charge in [0, 0.05) is 10.6 Å². The van der Waals surface area contributed by atoms with Gasteiger partial charge >= 0.3 is 0 Å². The summed E-state index contributed by atoms with van der Waals surface area (Å²) in [4.78, 5) is 0. The van der Waals surface area contributed by atoms with E-state index < -0.39 is 11.9 Å². The standard InChI is InChI=1S/C17H19ClFNO/c1-2-3-10-21-14-7-4-12(5-8-14)17(20)15-9-6-13(18)11-16(15)19/h4-9,11,17H,2-3,10,20H2,1H3. The fraction of sp³-hybridized carbons (Fsp3) is 0.294. The van der Waals surface area contributed by atoms with Crippen LogP contribution in [0.2, 0.25) is 5.02 Å². The topological polar surface area (TPSA) is 35.2 Å². The van der Waals surface area contributed by atoms with Crippen LogP contribution in [0.1, 0.15) is 36.9 Å². The minimum absolute atomic E-state index is 0.364. The van der Waals surface area contributed by atoms with E-state index in [1.807, 2.05) is 24.3 Å². The Bertz CT molecular complexity index is 586. The average molecular weight is 308 g/mol. The summed E-state index contributed by atoms with van der Waals surface area (Å²) in [5.74, 6) is 0.411. The number of benzene rings is 2. The van der Waals surface area contributed by atoms with Gasteiger partial charge in [-0.15, -0.1) is 0 Å². The summed E-state index contributed by atoms with van der Waals surface area (Å²) in [6.07, 6.45) is 2.12. The zero-order valence-electron chi connectivity index (χ0n) is 12.0. The van der Waals surface area contributed by atoms with Crippen molar-refractivity contribution in [3.8, 4) is 5.75 Å². The monoisotopic (exact) mass is 307 g/mol. The van der Waals surface area contributed by atoms with Gasteiger partial charge in [-0.1, -0.05) is 43.1 Å². The molecule has 2 aromatic carbocycles. The van der Waals surface area contributed by atoms with Crippen LogP contribution in [0.15, 0.2) is 42.5 Å². The first-order chi connectivity index (χ1) is 10.1. The highest BCUT2D eigenvalue weighted by molar-refractivity contribution is 6.30. The van der Waals surface area contributed by atoms with Crippen molar-refractivity contribution < 1.29 is 9.13 Å². The molecule has 0 amide bonds. The van der Waals surface area contributed by atoms with E-state index in [1.54, 1.807) is 12.1 Å². The van der Waals surface area contributed by atoms with Crippen LogP contribution in [0.25, 0.3) is 0 Å². The molecule has 1 unspecified atom stereocenters. The Hall–Kier alpha value is -1.58. The number of nitrogens with two attached hydrogens (primary N) is 1. The van der Waals surface area contributed by atoms with Crippen molar-refractivity contribution >= 4 is 11.6 Å². The lowest BCUT2D eigenvalue weighted by atomic mass is 9.99. The predicted octanol–water partition coefficient (Wildman–Crippen LogP) is 4.71. The second-order valence-corrected chi connectivity index (χ2v) is 5.35. The molecule has 0 saturated heterocycles. The van der Waals surface area contributed by atoms with Gasteiger partial charge in [0.25, 0.3) is 0 Å². The zero-order chi connectivity index (χ0) is 15.2. The zero-order valence-corrected chi connectivity index (χ0v) is 12.7. The summed E-state index contributed by atoms with van der Waals surface area (Å²) < 4.78 is 19.5. The molecule has 0 aromatic heterocycles. The van der Waals surface area contributed by atoms with Crippen molar-refractivity contribution in [1.29, 1.82) is 0 Å². The van der Waals surface area contributed by atoms with Crippen LogP contribution in [-0.2, 0) is 0 Å². The Kier molecular flexibility index (Phi) is 5.59. The summed E-state index contributed by atoms with van der Waals surface area (Å²) in [7, 11) is 0. The number of unbranched alkanes of at least 4 members (excludes halogenated alkanes) is 1. The normalized spacial score (nSPS) is 12.2. The Morgan fingerprint density at radius 3 is 2.52 bits per heavy atom. The Labute approximate surface area is 129 Å². The largest absolute Gasteiger partial charge is 0.494 e. The lowest BCUT2D eigenvalue weighted by Crippen LogP contribution is -2.13. The Morgan fingerprint density at radius 1 is 1.19 bits per heavy atom. The van der Waals surface area contributed by atoms with Gasteiger partial charge in [0.1, 0.15) is 11.6 Å². The second-order valence-electron chi connectivity index (χ2n) is 4.91. The SMILES string of the molecule is CCCCOc1ccc(C(N)c2ccc(Cl)cc2F)cc1. The molecule has 0 aliphatic rings. The average Bonchev–Trinajstić information content (AvgIpc) is 2.48. The third-order valence-electron chi connectivity index (χ3n) is 3.30. The van der Waals surface area contributed by atoms with Crippen molar-refractivity contribution in [2.75, 3.05) is 6.61 Å². The molecule has 0 aliphatic heterocycles. The molecule has 0 bridgehead atoms. The number of halogens is 2. The molecule has 0 radical (unpaired) electrons. The van der Waals surface area contributed by atoms with Crippen LogP contribution in [-0.4, -0.2) is 6.61 Å². The van der Waals surface area contributed by atoms with Gasteiger partial charge in [-0.25, -0.2) is 4.39 Å². The van der Waals surface area contributed by atoms with E-state index in [0.717, 1.165) is 24.2 Å². The van der Waals surface area contributed by atoms with Crippen LogP contribution in [0.5, 0.6) is 5.75 Å². The van der Waals surface area contributed by atoms with Crippen molar-refractivity contribution in [3.05, 3.63) is 64.4 Å². The number of hydrogen-bond donors (Lipinski definition) is 1. The highest BCUT2D eigenvalue weighted by Gasteiger charge is 2.14. The van der Waals surface area contributed by atoms with Gasteiger partial charge in [-0.2, -0.15) is 0 Å². The smallest absolute Gasteiger partial charge is 0.129 e. The third kappa shape index (κ3) is 4.19. The minimum Gasteiger partial charge on any atom is -0.494 e. The van der Waals surface area contributed by atoms with Crippen molar-refractivity contribution in [3.63, 3.8) is 0 Å². The molecular formula is C17H19ClFNO. The predicted molar refractivity (Wildman–Crippen MR) is 84.3 cm³/mol. The molecule has 2 nitrogen and oxygen atoms in total. The number of hydrogen-bond acceptors (Lipinski definition) is 2. The molecular weight excluding hydrogens is 289 g/mol. The summed E-state index contributed by atoms with van der Waals surface area (Å²) in [5, 5.41) is 0.364. The molecule has 112 valence electrons. The fourth-order valence-electron chi connectivity index (χ4n) is 2.04. The Morgan fingerprint density at radius 2 is 1.90 bits per heavy atom. The molecule has 2 rings (SSSR count). The summed E-state index contributed by atoms with van der Waals surface area (Å²) in [6, 6.07) is 11.5. The lowest BCUT2D eigenvalue weighted by Gasteiger charge is -2.14. The minimum atomic E-state index is -0.521. The Balaban J connectivity index is 2.10. The number of rotatable bonds is 6. The second kappa shape index (κ2) is 7.43. The molecule has 1 atom stereocenters. The molecule has 4 heteroatoms. The maximum atomic E-state index is 13.9. The van der Waals surface area contributed by atoms with Gasteiger partial charge in [0.15, 0.2) is 0 Å². The first-order valence-electron chi connectivity index (χ1n) is 7.05. The van der Waals surface area contributed by atoms with E-state index in [4.69, 9.17) is 22.1 Å². The molecule has 2 aromatic rings. The molecule has 0 spiro atoms. The molecule has 21 heavy (non-hydrogen) atoms. The third-order valence-corrected chi connectivity index (χ3v) is 3.54. The van der Waals surface area contributed by atoms with Gasteiger partial charge < -0.3 is 10.5 Å². The van der Waals surface area contributed by atoms with Crippen LogP contribution < -0.4 is 10.5 Å². The summed E-state index contributed by atoms with van der Waals surface area (Å²) in [5.41, 5.74) is 7.38. The van der Waals surface area contributed by atoms with E-state index >= 15 is 0 Å². The maximum absolute atomic E-state index is 13.9. The van der Waals surface area contributed by atoms with Gasteiger partial charge in [-0.05, 0) is 36.2 Å². The van der Waals surface area contributed by atoms with E-state index in [9.17, 15) is 4.39 Å². The summed E-state index contributed by atoms with van der Waals surface area (Å²) >= 11 is 5.75. The number of ether oxygens (including phenoxy) is 1. The molecule has 2 N–H and O–H groups in total. The van der Waals surface area contributed by atoms with E-state index in [1.165, 1.54) is 6.07 Å². The van der Waals surface area contributed by atoms with Crippen LogP contribution >= 0.6 is 11.6 Å². The van der Waals surface area contributed by atoms with Crippen LogP contribution in [0.4, 0.5) is 4.39 Å². The summed E-state index contributed by atoms with van der Waals surface area (Å²) in [6.45, 7) is 2.82. The van der Waals surface area contributed by atoms with E-state index in [2.05, 4.69) is 6.92 Å². The quantitative estimate of drug-likeness (QED) is 0.785. The van der Waals surface area contributed by atoms with Gasteiger partial charge in [0.05, 0.1) is 12.6 Å². The molecule has 0 saturated carbocycles. The van der Waals surface area contributed by atoms with Gasteiger partial charge in [0.2, 0.25) is 0 Å². The van der Waals surface area contributed by atoms with E-state index in [0.29, 0.717) is 17.2 Å². The first-order valence-corrected chi connectivity index (χ1v) is 7.43. The highest BCUT2D eigenvalue weighted by Crippen LogP contribution is 2.25. The van der Waals surface area contributed by atoms with Crippen LogP contribution in [0, 0.1) is 5.82 Å². The fourth-order valence-corrected chi connectivity index (χ4v) is 2.20. The lowest BCUT2D eigenvalue weighted by molar-refractivity contribution is 0.309. The van der Waals surface area contributed by atoms with Crippen LogP contribution in [0.3, 0.4) is 0 Å². The van der Waals surface area contributed by atoms with Crippen molar-refractivity contribution in [1.82, 2.24) is 0 Å².